The number of nitrogens with zero attached hydrogens (tertiary/aromatic N) is 2. The van der Waals surface area contributed by atoms with Crippen LogP contribution in [0.3, 0.4) is 0 Å². The second-order valence-corrected chi connectivity index (χ2v) is 8.02. The molecule has 1 aromatic heterocycles. The fourth-order valence-electron chi connectivity index (χ4n) is 3.24. The van der Waals surface area contributed by atoms with Crippen molar-refractivity contribution in [2.75, 3.05) is 46.2 Å². The Labute approximate surface area is 164 Å². The Hall–Kier alpha value is -1.77. The third-order valence-electron chi connectivity index (χ3n) is 4.45. The second kappa shape index (κ2) is 9.43. The van der Waals surface area contributed by atoms with E-state index in [4.69, 9.17) is 18.6 Å². The van der Waals surface area contributed by atoms with Crippen LogP contribution in [0.2, 0.25) is 0 Å². The van der Waals surface area contributed by atoms with Crippen molar-refractivity contribution >= 4 is 11.8 Å². The van der Waals surface area contributed by atoms with Crippen molar-refractivity contribution in [1.29, 1.82) is 0 Å². The summed E-state index contributed by atoms with van der Waals surface area (Å²) < 4.78 is 22.3. The van der Waals surface area contributed by atoms with Crippen molar-refractivity contribution < 1.29 is 23.5 Å². The zero-order valence-electron chi connectivity index (χ0n) is 16.4. The predicted molar refractivity (Wildman–Crippen MR) is 104 cm³/mol. The number of methoxy groups -OCH3 is 2. The van der Waals surface area contributed by atoms with Crippen LogP contribution < -0.4 is 14.4 Å². The summed E-state index contributed by atoms with van der Waals surface area (Å²) in [5.41, 5.74) is 0.800. The summed E-state index contributed by atoms with van der Waals surface area (Å²) in [7, 11) is 3.21. The van der Waals surface area contributed by atoms with Gasteiger partial charge in [-0.15, -0.1) is 10.2 Å². The number of quaternary nitrogens is 1. The zero-order valence-corrected chi connectivity index (χ0v) is 17.2. The molecule has 0 aliphatic carbocycles. The van der Waals surface area contributed by atoms with E-state index < -0.39 is 0 Å². The van der Waals surface area contributed by atoms with Gasteiger partial charge in [0.05, 0.1) is 27.4 Å². The monoisotopic (exact) mass is 394 g/mol. The molecule has 1 fully saturated rings. The number of benzene rings is 1. The summed E-state index contributed by atoms with van der Waals surface area (Å²) in [5.74, 6) is 3.28. The minimum atomic E-state index is 0.217. The Bertz CT molecular complexity index is 737. The van der Waals surface area contributed by atoms with Gasteiger partial charge in [0.1, 0.15) is 19.2 Å². The van der Waals surface area contributed by atoms with E-state index in [1.54, 1.807) is 30.9 Å². The third kappa shape index (κ3) is 5.37. The number of nitrogens with one attached hydrogen (secondary N) is 1. The average molecular weight is 395 g/mol. The normalized spacial score (nSPS) is 20.0. The molecular formula is C19H28N3O4S+. The molecule has 1 saturated heterocycles. The van der Waals surface area contributed by atoms with Crippen molar-refractivity contribution in [2.24, 2.45) is 5.92 Å². The Kier molecular flexibility index (Phi) is 6.98. The summed E-state index contributed by atoms with van der Waals surface area (Å²) in [4.78, 5) is 1.61. The van der Waals surface area contributed by atoms with Crippen LogP contribution in [0.5, 0.6) is 11.5 Å². The van der Waals surface area contributed by atoms with Crippen LogP contribution in [0, 0.1) is 5.92 Å². The largest absolute Gasteiger partial charge is 0.493 e. The van der Waals surface area contributed by atoms with Gasteiger partial charge in [-0.1, -0.05) is 25.6 Å². The van der Waals surface area contributed by atoms with Crippen LogP contribution in [0.4, 0.5) is 0 Å². The Morgan fingerprint density at radius 3 is 2.78 bits per heavy atom. The van der Waals surface area contributed by atoms with Crippen LogP contribution in [-0.4, -0.2) is 62.5 Å². The van der Waals surface area contributed by atoms with Gasteiger partial charge in [0.25, 0.3) is 5.22 Å². The van der Waals surface area contributed by atoms with E-state index in [1.165, 1.54) is 6.54 Å². The molecule has 3 rings (SSSR count). The minimum Gasteiger partial charge on any atom is -0.493 e. The summed E-state index contributed by atoms with van der Waals surface area (Å²) in [6.07, 6.45) is 0.217. The lowest BCUT2D eigenvalue weighted by Gasteiger charge is -2.30. The smallest absolute Gasteiger partial charge is 0.276 e. The quantitative estimate of drug-likeness (QED) is 0.685. The van der Waals surface area contributed by atoms with Gasteiger partial charge < -0.3 is 23.5 Å². The molecule has 1 aliphatic rings. The molecular weight excluding hydrogens is 366 g/mol. The number of thioether (sulfide) groups is 1. The Balaban J connectivity index is 1.58. The molecule has 0 saturated carbocycles. The van der Waals surface area contributed by atoms with Crippen LogP contribution >= 0.6 is 11.8 Å². The molecule has 2 atom stereocenters. The van der Waals surface area contributed by atoms with Gasteiger partial charge in [-0.25, -0.2) is 0 Å². The summed E-state index contributed by atoms with van der Waals surface area (Å²) in [6.45, 7) is 8.65. The zero-order chi connectivity index (χ0) is 19.2. The molecule has 0 bridgehead atoms. The first kappa shape index (κ1) is 20.0. The number of morpholine rings is 1. The summed E-state index contributed by atoms with van der Waals surface area (Å²) in [5, 5.41) is 8.86. The van der Waals surface area contributed by atoms with E-state index >= 15 is 0 Å². The molecule has 2 aromatic rings. The first-order chi connectivity index (χ1) is 13.1. The van der Waals surface area contributed by atoms with Gasteiger partial charge in [-0.3, -0.25) is 0 Å². The van der Waals surface area contributed by atoms with Crippen molar-refractivity contribution in [3.05, 3.63) is 18.2 Å². The molecule has 148 valence electrons. The molecule has 0 spiro atoms. The van der Waals surface area contributed by atoms with E-state index in [-0.39, 0.29) is 6.10 Å². The highest BCUT2D eigenvalue weighted by atomic mass is 32.2. The highest BCUT2D eigenvalue weighted by Crippen LogP contribution is 2.32. The molecule has 7 nitrogen and oxygen atoms in total. The lowest BCUT2D eigenvalue weighted by molar-refractivity contribution is -0.914. The standard InChI is InChI=1S/C19H27N3O4S/c1-13(2)10-22-7-8-25-15(11-22)12-27-19-21-20-18(26-19)14-5-6-16(23-3)17(9-14)24-4/h5-6,9,13,15H,7-8,10-12H2,1-4H3/p+1/t15-/m1/s1. The van der Waals surface area contributed by atoms with Gasteiger partial charge in [0.15, 0.2) is 11.5 Å². The minimum absolute atomic E-state index is 0.217. The lowest BCUT2D eigenvalue weighted by atomic mass is 10.2. The van der Waals surface area contributed by atoms with Crippen LogP contribution in [0.25, 0.3) is 11.5 Å². The molecule has 27 heavy (non-hydrogen) atoms. The molecule has 0 amide bonds. The first-order valence-corrected chi connectivity index (χ1v) is 10.2. The first-order valence-electron chi connectivity index (χ1n) is 9.23. The van der Waals surface area contributed by atoms with E-state index in [0.717, 1.165) is 31.0 Å². The number of hydrogen-bond donors (Lipinski definition) is 1. The fraction of sp³-hybridized carbons (Fsp3) is 0.579. The second-order valence-electron chi connectivity index (χ2n) is 7.05. The maximum atomic E-state index is 5.90. The Morgan fingerprint density at radius 1 is 1.22 bits per heavy atom. The molecule has 2 heterocycles. The van der Waals surface area contributed by atoms with E-state index in [0.29, 0.717) is 28.5 Å². The van der Waals surface area contributed by atoms with Crippen LogP contribution in [0.1, 0.15) is 13.8 Å². The third-order valence-corrected chi connectivity index (χ3v) is 5.40. The maximum absolute atomic E-state index is 5.90. The van der Waals surface area contributed by atoms with Crippen molar-refractivity contribution in [3.8, 4) is 23.0 Å². The van der Waals surface area contributed by atoms with Gasteiger partial charge in [0, 0.05) is 17.2 Å². The number of aromatic nitrogens is 2. The van der Waals surface area contributed by atoms with Crippen molar-refractivity contribution in [1.82, 2.24) is 10.2 Å². The van der Waals surface area contributed by atoms with Crippen LogP contribution in [-0.2, 0) is 4.74 Å². The molecule has 8 heteroatoms. The molecule has 1 aromatic carbocycles. The molecule has 1 aliphatic heterocycles. The average Bonchev–Trinajstić information content (AvgIpc) is 3.14. The summed E-state index contributed by atoms with van der Waals surface area (Å²) in [6, 6.07) is 5.53. The van der Waals surface area contributed by atoms with E-state index in [1.807, 2.05) is 18.2 Å². The highest BCUT2D eigenvalue weighted by Gasteiger charge is 2.25. The van der Waals surface area contributed by atoms with E-state index in [9.17, 15) is 0 Å². The van der Waals surface area contributed by atoms with Gasteiger partial charge in [0.2, 0.25) is 5.89 Å². The topological polar surface area (TPSA) is 71.1 Å². The number of rotatable bonds is 8. The molecule has 1 unspecified atom stereocenters. The van der Waals surface area contributed by atoms with Crippen LogP contribution in [0.15, 0.2) is 27.8 Å². The van der Waals surface area contributed by atoms with Gasteiger partial charge >= 0.3 is 0 Å². The lowest BCUT2D eigenvalue weighted by Crippen LogP contribution is -3.15. The molecule has 1 N–H and O–H groups in total. The van der Waals surface area contributed by atoms with Crippen molar-refractivity contribution in [2.45, 2.75) is 25.2 Å². The fourth-order valence-corrected chi connectivity index (χ4v) is 4.02. The number of hydrogen-bond acceptors (Lipinski definition) is 7. The molecule has 0 radical (unpaired) electrons. The van der Waals surface area contributed by atoms with E-state index in [2.05, 4.69) is 24.0 Å². The Morgan fingerprint density at radius 2 is 2.04 bits per heavy atom. The maximum Gasteiger partial charge on any atom is 0.276 e. The number of ether oxygens (including phenoxy) is 3. The summed E-state index contributed by atoms with van der Waals surface area (Å²) >= 11 is 1.55. The predicted octanol–water partition coefficient (Wildman–Crippen LogP) is 1.79. The SMILES string of the molecule is COc1ccc(-c2nnc(SC[C@H]3C[NH+](CC(C)C)CCO3)o2)cc1OC. The highest BCUT2D eigenvalue weighted by molar-refractivity contribution is 7.99. The van der Waals surface area contributed by atoms with Crippen molar-refractivity contribution in [3.63, 3.8) is 0 Å². The van der Waals surface area contributed by atoms with Gasteiger partial charge in [-0.05, 0) is 18.2 Å². The van der Waals surface area contributed by atoms with Gasteiger partial charge in [-0.2, -0.15) is 0 Å².